The van der Waals surface area contributed by atoms with Crippen molar-refractivity contribution in [2.45, 2.75) is 42.9 Å². The van der Waals surface area contributed by atoms with Crippen molar-refractivity contribution in [1.29, 1.82) is 0 Å². The monoisotopic (exact) mass is 593 g/mol. The molecule has 2 saturated carbocycles. The van der Waals surface area contributed by atoms with Crippen LogP contribution in [0.1, 0.15) is 36.9 Å². The quantitative estimate of drug-likeness (QED) is 0.229. The minimum atomic E-state index is -4.55. The van der Waals surface area contributed by atoms with Gasteiger partial charge in [-0.15, -0.1) is 0 Å². The van der Waals surface area contributed by atoms with Crippen LogP contribution in [0, 0.1) is 0 Å². The van der Waals surface area contributed by atoms with Crippen molar-refractivity contribution in [3.8, 4) is 11.1 Å². The van der Waals surface area contributed by atoms with Gasteiger partial charge in [0.15, 0.2) is 17.1 Å². The Balaban J connectivity index is 1.31. The standard InChI is InChI=1S/C29H26F3N7O4/c1-39-23-21(22(33)38-39)19(14-20(37-23)27(8-9-27)25(41)43-28(10-11-28)24(34)40)15-4-2-6-17(12-15)35-26(42)36-18-7-3-5-16(13-18)29(30,31)32/h2-7,12-14H,8-11H2,1H3,(H2,33,38)(H2,34,40)(H2,35,36,42). The largest absolute Gasteiger partial charge is 0.448 e. The van der Waals surface area contributed by atoms with E-state index in [0.29, 0.717) is 59.2 Å². The lowest BCUT2D eigenvalue weighted by Gasteiger charge is -2.20. The molecule has 222 valence electrons. The van der Waals surface area contributed by atoms with Crippen LogP contribution in [-0.2, 0) is 33.0 Å². The molecule has 2 aromatic carbocycles. The van der Waals surface area contributed by atoms with Crippen molar-refractivity contribution in [2.75, 3.05) is 16.4 Å². The number of primary amides is 1. The van der Waals surface area contributed by atoms with Crippen molar-refractivity contribution >= 4 is 46.1 Å². The summed E-state index contributed by atoms with van der Waals surface area (Å²) in [5.74, 6) is -1.05. The number of esters is 1. The Morgan fingerprint density at radius 3 is 2.23 bits per heavy atom. The number of pyridine rings is 1. The fourth-order valence-corrected chi connectivity index (χ4v) is 5.06. The molecule has 2 heterocycles. The molecular weight excluding hydrogens is 567 g/mol. The SMILES string of the molecule is Cn1nc(N)c2c(-c3cccc(NC(=O)Nc4cccc(C(F)(F)F)c4)c3)cc(C3(C(=O)OC4(C(N)=O)CC4)CC3)nc21. The summed E-state index contributed by atoms with van der Waals surface area (Å²) in [4.78, 5) is 42.6. The molecule has 2 aromatic heterocycles. The number of carbonyl (C=O) groups excluding carboxylic acids is 3. The van der Waals surface area contributed by atoms with Crippen molar-refractivity contribution in [2.24, 2.45) is 12.8 Å². The maximum Gasteiger partial charge on any atom is 0.416 e. The van der Waals surface area contributed by atoms with E-state index in [1.54, 1.807) is 37.4 Å². The maximum atomic E-state index is 13.3. The predicted octanol–water partition coefficient (Wildman–Crippen LogP) is 4.47. The van der Waals surface area contributed by atoms with Crippen LogP contribution in [0.2, 0.25) is 0 Å². The highest BCUT2D eigenvalue weighted by atomic mass is 19.4. The number of hydrogen-bond acceptors (Lipinski definition) is 7. The van der Waals surface area contributed by atoms with E-state index in [2.05, 4.69) is 15.7 Å². The highest BCUT2D eigenvalue weighted by Gasteiger charge is 2.60. The van der Waals surface area contributed by atoms with Gasteiger partial charge in [0, 0.05) is 31.3 Å². The molecule has 0 unspecified atom stereocenters. The number of aryl methyl sites for hydroxylation is 1. The number of alkyl halides is 3. The average Bonchev–Trinajstić information content (AvgIpc) is 3.87. The van der Waals surface area contributed by atoms with Crippen molar-refractivity contribution in [3.63, 3.8) is 0 Å². The molecule has 0 aliphatic heterocycles. The minimum Gasteiger partial charge on any atom is -0.448 e. The normalized spacial score (nSPS) is 16.4. The second-order valence-electron chi connectivity index (χ2n) is 10.8. The number of nitrogens with two attached hydrogens (primary N) is 2. The molecule has 2 fully saturated rings. The number of hydrogen-bond donors (Lipinski definition) is 4. The van der Waals surface area contributed by atoms with E-state index < -0.39 is 40.7 Å². The fourth-order valence-electron chi connectivity index (χ4n) is 5.06. The third kappa shape index (κ3) is 5.08. The van der Waals surface area contributed by atoms with Crippen LogP contribution in [0.15, 0.2) is 54.6 Å². The van der Waals surface area contributed by atoms with Gasteiger partial charge in [0.25, 0.3) is 5.91 Å². The summed E-state index contributed by atoms with van der Waals surface area (Å²) in [6.07, 6.45) is -2.88. The molecular formula is C29H26F3N7O4. The first-order valence-corrected chi connectivity index (χ1v) is 13.3. The van der Waals surface area contributed by atoms with Gasteiger partial charge in [-0.1, -0.05) is 18.2 Å². The first-order chi connectivity index (χ1) is 20.3. The Morgan fingerprint density at radius 2 is 1.63 bits per heavy atom. The van der Waals surface area contributed by atoms with E-state index in [0.717, 1.165) is 12.1 Å². The van der Waals surface area contributed by atoms with Crippen molar-refractivity contribution in [1.82, 2.24) is 14.8 Å². The van der Waals surface area contributed by atoms with E-state index in [1.807, 2.05) is 0 Å². The zero-order valence-corrected chi connectivity index (χ0v) is 22.8. The summed E-state index contributed by atoms with van der Waals surface area (Å²) < 4.78 is 46.3. The summed E-state index contributed by atoms with van der Waals surface area (Å²) in [5.41, 5.74) is 10.8. The summed E-state index contributed by atoms with van der Waals surface area (Å²) in [5, 5.41) is 9.86. The van der Waals surface area contributed by atoms with Gasteiger partial charge in [0.2, 0.25) is 0 Å². The number of nitrogens with one attached hydrogen (secondary N) is 2. The molecule has 43 heavy (non-hydrogen) atoms. The Morgan fingerprint density at radius 1 is 0.977 bits per heavy atom. The molecule has 2 aliphatic carbocycles. The maximum absolute atomic E-state index is 13.3. The number of aromatic nitrogens is 3. The number of nitrogen functional groups attached to an aromatic ring is 1. The van der Waals surface area contributed by atoms with E-state index in [4.69, 9.17) is 21.2 Å². The highest BCUT2D eigenvalue weighted by molar-refractivity contribution is 6.03. The van der Waals surface area contributed by atoms with E-state index in [9.17, 15) is 27.6 Å². The molecule has 0 radical (unpaired) electrons. The lowest BCUT2D eigenvalue weighted by atomic mass is 9.95. The minimum absolute atomic E-state index is 0.0296. The number of nitrogens with zero attached hydrogens (tertiary/aromatic N) is 3. The molecule has 6 rings (SSSR count). The van der Waals surface area contributed by atoms with Crippen LogP contribution in [0.5, 0.6) is 0 Å². The lowest BCUT2D eigenvalue weighted by Crippen LogP contribution is -2.38. The molecule has 2 aliphatic rings. The lowest BCUT2D eigenvalue weighted by molar-refractivity contribution is -0.160. The molecule has 0 spiro atoms. The van der Waals surface area contributed by atoms with Gasteiger partial charge in [-0.2, -0.15) is 18.3 Å². The Bertz CT molecular complexity index is 1810. The van der Waals surface area contributed by atoms with Crippen LogP contribution < -0.4 is 22.1 Å². The van der Waals surface area contributed by atoms with Gasteiger partial charge in [-0.3, -0.25) is 9.59 Å². The molecule has 3 amide bonds. The number of carbonyl (C=O) groups is 3. The summed E-state index contributed by atoms with van der Waals surface area (Å²) in [6.45, 7) is 0. The van der Waals surface area contributed by atoms with Gasteiger partial charge in [-0.05, 0) is 60.4 Å². The Labute approximate surface area is 242 Å². The number of fused-ring (bicyclic) bond motifs is 1. The highest BCUT2D eigenvalue weighted by Crippen LogP contribution is 2.52. The zero-order chi connectivity index (χ0) is 30.7. The van der Waals surface area contributed by atoms with Crippen LogP contribution in [0.3, 0.4) is 0 Å². The number of rotatable bonds is 7. The summed E-state index contributed by atoms with van der Waals surface area (Å²) in [7, 11) is 1.67. The van der Waals surface area contributed by atoms with Gasteiger partial charge >= 0.3 is 18.2 Å². The second kappa shape index (κ2) is 9.71. The van der Waals surface area contributed by atoms with Gasteiger partial charge in [0.05, 0.1) is 16.6 Å². The van der Waals surface area contributed by atoms with Crippen LogP contribution in [0.25, 0.3) is 22.2 Å². The van der Waals surface area contributed by atoms with Crippen molar-refractivity contribution in [3.05, 3.63) is 65.9 Å². The van der Waals surface area contributed by atoms with Gasteiger partial charge in [0.1, 0.15) is 5.41 Å². The average molecular weight is 594 g/mol. The third-order valence-electron chi connectivity index (χ3n) is 7.77. The summed E-state index contributed by atoms with van der Waals surface area (Å²) in [6, 6.07) is 12.0. The zero-order valence-electron chi connectivity index (χ0n) is 22.8. The molecule has 4 aromatic rings. The Kier molecular flexibility index (Phi) is 6.32. The number of anilines is 3. The van der Waals surface area contributed by atoms with E-state index in [1.165, 1.54) is 16.8 Å². The first-order valence-electron chi connectivity index (χ1n) is 13.3. The number of amides is 3. The van der Waals surface area contributed by atoms with E-state index >= 15 is 0 Å². The number of ether oxygens (including phenoxy) is 1. The van der Waals surface area contributed by atoms with E-state index in [-0.39, 0.29) is 11.5 Å². The van der Waals surface area contributed by atoms with Gasteiger partial charge in [-0.25, -0.2) is 14.5 Å². The number of urea groups is 1. The molecule has 14 heteroatoms. The summed E-state index contributed by atoms with van der Waals surface area (Å²) >= 11 is 0. The molecule has 0 bridgehead atoms. The predicted molar refractivity (Wildman–Crippen MR) is 151 cm³/mol. The Hall–Kier alpha value is -5.14. The smallest absolute Gasteiger partial charge is 0.416 e. The van der Waals surface area contributed by atoms with Crippen molar-refractivity contribution < 1.29 is 32.3 Å². The van der Waals surface area contributed by atoms with Gasteiger partial charge < -0.3 is 26.8 Å². The second-order valence-corrected chi connectivity index (χ2v) is 10.8. The van der Waals surface area contributed by atoms with Crippen LogP contribution in [-0.4, -0.2) is 38.3 Å². The molecule has 0 atom stereocenters. The molecule has 11 nitrogen and oxygen atoms in total. The topological polar surface area (TPSA) is 167 Å². The fraction of sp³-hybridized carbons (Fsp3) is 0.276. The first kappa shape index (κ1) is 28.0. The molecule has 0 saturated heterocycles. The molecule has 6 N–H and O–H groups in total. The van der Waals surface area contributed by atoms with Crippen LogP contribution >= 0.6 is 0 Å². The number of benzene rings is 2. The van der Waals surface area contributed by atoms with Crippen LogP contribution in [0.4, 0.5) is 35.2 Å². The third-order valence-corrected chi connectivity index (χ3v) is 7.77. The number of halogens is 3.